The second-order valence-electron chi connectivity index (χ2n) is 7.94. The summed E-state index contributed by atoms with van der Waals surface area (Å²) in [5.74, 6) is 0. The summed E-state index contributed by atoms with van der Waals surface area (Å²) in [5.41, 5.74) is 1.90. The molecule has 3 heteroatoms. The molecule has 0 aliphatic rings. The normalized spacial score (nSPS) is 14.5. The number of ether oxygens (including phenoxy) is 3. The zero-order chi connectivity index (χ0) is 18.1. The van der Waals surface area contributed by atoms with Crippen LogP contribution in [-0.2, 0) is 14.2 Å². The van der Waals surface area contributed by atoms with Crippen LogP contribution < -0.4 is 0 Å². The van der Waals surface area contributed by atoms with Crippen LogP contribution >= 0.6 is 0 Å². The molecule has 0 heterocycles. The van der Waals surface area contributed by atoms with Crippen LogP contribution in [0.2, 0.25) is 0 Å². The molecule has 0 N–H and O–H groups in total. The Kier molecular flexibility index (Phi) is 9.99. The Balaban J connectivity index is 4.73. The first-order valence-corrected chi connectivity index (χ1v) is 8.62. The van der Waals surface area contributed by atoms with Gasteiger partial charge in [-0.1, -0.05) is 23.3 Å². The van der Waals surface area contributed by atoms with Gasteiger partial charge in [0.15, 0.2) is 0 Å². The fraction of sp³-hybridized carbons (Fsp3) is 0.800. The average molecular weight is 327 g/mol. The van der Waals surface area contributed by atoms with Crippen molar-refractivity contribution in [3.63, 3.8) is 0 Å². The van der Waals surface area contributed by atoms with Gasteiger partial charge >= 0.3 is 0 Å². The molecule has 0 saturated heterocycles. The van der Waals surface area contributed by atoms with Gasteiger partial charge in [0.25, 0.3) is 0 Å². The molecule has 0 fully saturated rings. The summed E-state index contributed by atoms with van der Waals surface area (Å²) in [7, 11) is 0. The van der Waals surface area contributed by atoms with E-state index in [-0.39, 0.29) is 17.3 Å². The summed E-state index contributed by atoms with van der Waals surface area (Å²) >= 11 is 0. The predicted molar refractivity (Wildman–Crippen MR) is 99.0 cm³/mol. The average Bonchev–Trinajstić information content (AvgIpc) is 2.31. The number of allylic oxidation sites excluding steroid dienone is 2. The van der Waals surface area contributed by atoms with Gasteiger partial charge in [-0.15, -0.1) is 0 Å². The van der Waals surface area contributed by atoms with E-state index < -0.39 is 0 Å². The maximum Gasteiger partial charge on any atom is 0.0917 e. The third-order valence-corrected chi connectivity index (χ3v) is 3.30. The van der Waals surface area contributed by atoms with Gasteiger partial charge < -0.3 is 14.2 Å². The Morgan fingerprint density at radius 3 is 1.91 bits per heavy atom. The molecule has 0 aliphatic heterocycles. The van der Waals surface area contributed by atoms with Gasteiger partial charge in [0.1, 0.15) is 0 Å². The van der Waals surface area contributed by atoms with Crippen LogP contribution in [0.5, 0.6) is 0 Å². The van der Waals surface area contributed by atoms with Gasteiger partial charge in [-0.25, -0.2) is 0 Å². The van der Waals surface area contributed by atoms with Gasteiger partial charge in [0, 0.05) is 6.42 Å². The van der Waals surface area contributed by atoms with Crippen LogP contribution in [0.1, 0.15) is 68.7 Å². The Labute approximate surface area is 144 Å². The Morgan fingerprint density at radius 1 is 0.913 bits per heavy atom. The quantitative estimate of drug-likeness (QED) is 0.381. The molecule has 23 heavy (non-hydrogen) atoms. The van der Waals surface area contributed by atoms with E-state index in [4.69, 9.17) is 14.2 Å². The van der Waals surface area contributed by atoms with Crippen molar-refractivity contribution in [2.45, 2.75) is 86.0 Å². The molecule has 0 spiro atoms. The molecule has 0 rings (SSSR count). The van der Waals surface area contributed by atoms with Crippen molar-refractivity contribution in [1.29, 1.82) is 0 Å². The van der Waals surface area contributed by atoms with Crippen LogP contribution in [0.15, 0.2) is 23.3 Å². The summed E-state index contributed by atoms with van der Waals surface area (Å²) in [5, 5.41) is 0. The molecule has 1 atom stereocenters. The highest BCUT2D eigenvalue weighted by Gasteiger charge is 2.35. The lowest BCUT2D eigenvalue weighted by atomic mass is 9.90. The number of rotatable bonds is 11. The third kappa shape index (κ3) is 12.4. The van der Waals surface area contributed by atoms with Gasteiger partial charge in [0.05, 0.1) is 37.1 Å². The lowest BCUT2D eigenvalue weighted by Gasteiger charge is -2.38. The molecule has 1 unspecified atom stereocenters. The highest BCUT2D eigenvalue weighted by Crippen LogP contribution is 2.28. The first kappa shape index (κ1) is 22.4. The van der Waals surface area contributed by atoms with Crippen molar-refractivity contribution in [3.05, 3.63) is 23.3 Å². The molecular formula is C20H38O3. The largest absolute Gasteiger partial charge is 0.374 e. The first-order chi connectivity index (χ1) is 10.5. The first-order valence-electron chi connectivity index (χ1n) is 8.62. The maximum absolute atomic E-state index is 6.17. The molecule has 136 valence electrons. The minimum Gasteiger partial charge on any atom is -0.374 e. The van der Waals surface area contributed by atoms with Crippen molar-refractivity contribution >= 4 is 0 Å². The zero-order valence-corrected chi connectivity index (χ0v) is 16.8. The second kappa shape index (κ2) is 10.3. The second-order valence-corrected chi connectivity index (χ2v) is 7.94. The fourth-order valence-electron chi connectivity index (χ4n) is 2.58. The minimum atomic E-state index is -0.363. The van der Waals surface area contributed by atoms with Gasteiger partial charge in [0.2, 0.25) is 0 Å². The van der Waals surface area contributed by atoms with E-state index in [2.05, 4.69) is 74.5 Å². The molecule has 0 saturated carbocycles. The van der Waals surface area contributed by atoms with E-state index in [1.807, 2.05) is 0 Å². The van der Waals surface area contributed by atoms with Crippen molar-refractivity contribution < 1.29 is 14.2 Å². The van der Waals surface area contributed by atoms with Gasteiger partial charge in [-0.3, -0.25) is 0 Å². The number of hydrogen-bond donors (Lipinski definition) is 0. The molecule has 0 bridgehead atoms. The maximum atomic E-state index is 6.17. The van der Waals surface area contributed by atoms with Gasteiger partial charge in [-0.05, 0) is 62.3 Å². The summed E-state index contributed by atoms with van der Waals surface area (Å²) in [6.45, 7) is 20.6. The molecule has 0 aliphatic carbocycles. The van der Waals surface area contributed by atoms with E-state index >= 15 is 0 Å². The summed E-state index contributed by atoms with van der Waals surface area (Å²) < 4.78 is 18.0. The van der Waals surface area contributed by atoms with Crippen molar-refractivity contribution in [2.75, 3.05) is 19.8 Å². The SMILES string of the molecule is CC(C)=CCOCC(C)(CC(C)(C)OCC=C(C)C)OC(C)C. The monoisotopic (exact) mass is 326 g/mol. The minimum absolute atomic E-state index is 0.153. The summed E-state index contributed by atoms with van der Waals surface area (Å²) in [6, 6.07) is 0. The molecular weight excluding hydrogens is 288 g/mol. The van der Waals surface area contributed by atoms with Crippen LogP contribution in [0.4, 0.5) is 0 Å². The number of hydrogen-bond acceptors (Lipinski definition) is 3. The Bertz CT molecular complexity index is 386. The molecule has 0 radical (unpaired) electrons. The van der Waals surface area contributed by atoms with Crippen LogP contribution in [-0.4, -0.2) is 37.1 Å². The molecule has 0 aromatic heterocycles. The van der Waals surface area contributed by atoms with E-state index in [9.17, 15) is 0 Å². The summed E-state index contributed by atoms with van der Waals surface area (Å²) in [6.07, 6.45) is 5.13. The third-order valence-electron chi connectivity index (χ3n) is 3.30. The van der Waals surface area contributed by atoms with Crippen LogP contribution in [0.25, 0.3) is 0 Å². The van der Waals surface area contributed by atoms with Crippen molar-refractivity contribution in [3.8, 4) is 0 Å². The Morgan fingerprint density at radius 2 is 1.43 bits per heavy atom. The highest BCUT2D eigenvalue weighted by molar-refractivity contribution is 4.95. The zero-order valence-electron chi connectivity index (χ0n) is 16.8. The van der Waals surface area contributed by atoms with E-state index in [0.29, 0.717) is 19.8 Å². The summed E-state index contributed by atoms with van der Waals surface area (Å²) in [4.78, 5) is 0. The Hall–Kier alpha value is -0.640. The van der Waals surface area contributed by atoms with E-state index in [0.717, 1.165) is 6.42 Å². The molecule has 3 nitrogen and oxygen atoms in total. The van der Waals surface area contributed by atoms with Crippen LogP contribution in [0, 0.1) is 0 Å². The van der Waals surface area contributed by atoms with Gasteiger partial charge in [-0.2, -0.15) is 0 Å². The lowest BCUT2D eigenvalue weighted by molar-refractivity contribution is -0.149. The fourth-order valence-corrected chi connectivity index (χ4v) is 2.58. The predicted octanol–water partition coefficient (Wildman–Crippen LogP) is 5.30. The highest BCUT2D eigenvalue weighted by atomic mass is 16.6. The van der Waals surface area contributed by atoms with E-state index in [1.54, 1.807) is 0 Å². The van der Waals surface area contributed by atoms with Crippen molar-refractivity contribution in [2.24, 2.45) is 0 Å². The van der Waals surface area contributed by atoms with E-state index in [1.165, 1.54) is 11.1 Å². The van der Waals surface area contributed by atoms with Crippen molar-refractivity contribution in [1.82, 2.24) is 0 Å². The standard InChI is InChI=1S/C20H38O3/c1-16(2)10-12-21-15-20(9,23-18(5)6)14-19(7,8)22-13-11-17(3)4/h10-11,18H,12-15H2,1-9H3. The lowest BCUT2D eigenvalue weighted by Crippen LogP contribution is -2.44. The topological polar surface area (TPSA) is 27.7 Å². The smallest absolute Gasteiger partial charge is 0.0917 e. The molecule has 0 aromatic carbocycles. The molecule has 0 aromatic rings. The van der Waals surface area contributed by atoms with Crippen LogP contribution in [0.3, 0.4) is 0 Å². The molecule has 0 amide bonds.